The van der Waals surface area contributed by atoms with Crippen molar-refractivity contribution < 1.29 is 9.53 Å². The first-order valence-electron chi connectivity index (χ1n) is 6.62. The van der Waals surface area contributed by atoms with E-state index in [0.717, 1.165) is 10.2 Å². The standard InChI is InChI=1S/C14H16BrN5O2/c1-4-22-14(21)12-13(16-9-19(2)3)20(18-17-12)11-7-5-10(15)6-8-11/h5-9H,4H2,1-3H3/b16-9+. The van der Waals surface area contributed by atoms with Gasteiger partial charge in [0.25, 0.3) is 0 Å². The van der Waals surface area contributed by atoms with Crippen LogP contribution in [0.5, 0.6) is 0 Å². The maximum absolute atomic E-state index is 12.0. The molecule has 22 heavy (non-hydrogen) atoms. The summed E-state index contributed by atoms with van der Waals surface area (Å²) in [6, 6.07) is 7.45. The molecule has 0 fully saturated rings. The molecule has 0 aliphatic carbocycles. The Hall–Kier alpha value is -2.22. The van der Waals surface area contributed by atoms with Crippen LogP contribution in [0.3, 0.4) is 0 Å². The van der Waals surface area contributed by atoms with E-state index in [9.17, 15) is 4.79 Å². The molecule has 1 heterocycles. The van der Waals surface area contributed by atoms with Gasteiger partial charge >= 0.3 is 5.97 Å². The average Bonchev–Trinajstić information content (AvgIpc) is 2.90. The van der Waals surface area contributed by atoms with Crippen LogP contribution in [0.15, 0.2) is 33.7 Å². The molecule has 2 rings (SSSR count). The van der Waals surface area contributed by atoms with Crippen LogP contribution in [0.2, 0.25) is 0 Å². The van der Waals surface area contributed by atoms with Gasteiger partial charge in [-0.05, 0) is 31.2 Å². The maximum Gasteiger partial charge on any atom is 0.362 e. The number of aliphatic imine (C=N–C) groups is 1. The Kier molecular flexibility index (Phi) is 5.26. The molecule has 0 saturated carbocycles. The lowest BCUT2D eigenvalue weighted by Gasteiger charge is -2.06. The highest BCUT2D eigenvalue weighted by atomic mass is 79.9. The minimum absolute atomic E-state index is 0.0860. The molecule has 0 bridgehead atoms. The van der Waals surface area contributed by atoms with Crippen molar-refractivity contribution in [2.45, 2.75) is 6.92 Å². The lowest BCUT2D eigenvalue weighted by molar-refractivity contribution is 0.0520. The first-order chi connectivity index (χ1) is 10.5. The molecule has 0 N–H and O–H groups in total. The fourth-order valence-corrected chi connectivity index (χ4v) is 1.91. The molecule has 7 nitrogen and oxygen atoms in total. The minimum atomic E-state index is -0.545. The molecule has 116 valence electrons. The van der Waals surface area contributed by atoms with Crippen LogP contribution in [0.4, 0.5) is 5.82 Å². The summed E-state index contributed by atoms with van der Waals surface area (Å²) in [7, 11) is 3.67. The highest BCUT2D eigenvalue weighted by molar-refractivity contribution is 9.10. The van der Waals surface area contributed by atoms with Crippen molar-refractivity contribution >= 4 is 34.1 Å². The zero-order chi connectivity index (χ0) is 16.1. The lowest BCUT2D eigenvalue weighted by atomic mass is 10.3. The number of halogens is 1. The van der Waals surface area contributed by atoms with Crippen molar-refractivity contribution in [3.05, 3.63) is 34.4 Å². The van der Waals surface area contributed by atoms with Crippen LogP contribution in [0.25, 0.3) is 5.69 Å². The van der Waals surface area contributed by atoms with Gasteiger partial charge in [0.1, 0.15) is 0 Å². The molecule has 8 heteroatoms. The van der Waals surface area contributed by atoms with Gasteiger partial charge in [-0.2, -0.15) is 4.68 Å². The molecule has 0 saturated heterocycles. The van der Waals surface area contributed by atoms with Gasteiger partial charge in [-0.15, -0.1) is 5.10 Å². The largest absolute Gasteiger partial charge is 0.461 e. The van der Waals surface area contributed by atoms with Gasteiger partial charge in [0.05, 0.1) is 18.6 Å². The second kappa shape index (κ2) is 7.17. The van der Waals surface area contributed by atoms with Crippen LogP contribution in [-0.4, -0.2) is 52.9 Å². The highest BCUT2D eigenvalue weighted by Crippen LogP contribution is 2.23. The van der Waals surface area contributed by atoms with E-state index in [2.05, 4.69) is 31.2 Å². The predicted molar refractivity (Wildman–Crippen MR) is 86.9 cm³/mol. The van der Waals surface area contributed by atoms with Crippen LogP contribution in [-0.2, 0) is 4.74 Å². The summed E-state index contributed by atoms with van der Waals surface area (Å²) < 4.78 is 7.44. The van der Waals surface area contributed by atoms with E-state index >= 15 is 0 Å². The average molecular weight is 366 g/mol. The van der Waals surface area contributed by atoms with E-state index in [-0.39, 0.29) is 12.3 Å². The zero-order valence-corrected chi connectivity index (χ0v) is 14.1. The lowest BCUT2D eigenvalue weighted by Crippen LogP contribution is -2.09. The third-order valence-electron chi connectivity index (χ3n) is 2.60. The number of esters is 1. The quantitative estimate of drug-likeness (QED) is 0.462. The number of carbonyl (C=O) groups is 1. The number of hydrogen-bond acceptors (Lipinski definition) is 5. The van der Waals surface area contributed by atoms with Crippen molar-refractivity contribution in [2.24, 2.45) is 4.99 Å². The number of nitrogens with zero attached hydrogens (tertiary/aromatic N) is 5. The Morgan fingerprint density at radius 3 is 2.68 bits per heavy atom. The van der Waals surface area contributed by atoms with Gasteiger partial charge in [-0.1, -0.05) is 21.1 Å². The van der Waals surface area contributed by atoms with E-state index < -0.39 is 5.97 Å². The normalized spacial score (nSPS) is 10.9. The summed E-state index contributed by atoms with van der Waals surface area (Å²) in [5, 5.41) is 7.92. The van der Waals surface area contributed by atoms with Gasteiger partial charge in [0, 0.05) is 18.6 Å². The molecule has 1 aromatic carbocycles. The number of carbonyl (C=O) groups excluding carboxylic acids is 1. The Labute approximate surface area is 136 Å². The predicted octanol–water partition coefficient (Wildman–Crippen LogP) is 2.43. The zero-order valence-electron chi connectivity index (χ0n) is 12.5. The van der Waals surface area contributed by atoms with Gasteiger partial charge < -0.3 is 9.64 Å². The summed E-state index contributed by atoms with van der Waals surface area (Å²) >= 11 is 3.38. The van der Waals surface area contributed by atoms with Crippen molar-refractivity contribution in [2.75, 3.05) is 20.7 Å². The second-order valence-corrected chi connectivity index (χ2v) is 5.49. The summed E-state index contributed by atoms with van der Waals surface area (Å²) in [4.78, 5) is 18.0. The van der Waals surface area contributed by atoms with E-state index in [0.29, 0.717) is 5.82 Å². The fourth-order valence-electron chi connectivity index (χ4n) is 1.65. The Bertz CT molecular complexity index is 679. The highest BCUT2D eigenvalue weighted by Gasteiger charge is 2.21. The first kappa shape index (κ1) is 16.2. The van der Waals surface area contributed by atoms with Crippen molar-refractivity contribution in [3.8, 4) is 5.69 Å². The van der Waals surface area contributed by atoms with Crippen LogP contribution in [0, 0.1) is 0 Å². The summed E-state index contributed by atoms with van der Waals surface area (Å²) in [6.45, 7) is 2.00. The smallest absolute Gasteiger partial charge is 0.362 e. The monoisotopic (exact) mass is 365 g/mol. The summed E-state index contributed by atoms with van der Waals surface area (Å²) in [5.41, 5.74) is 0.833. The summed E-state index contributed by atoms with van der Waals surface area (Å²) in [6.07, 6.45) is 1.58. The van der Waals surface area contributed by atoms with Crippen LogP contribution in [0.1, 0.15) is 17.4 Å². The van der Waals surface area contributed by atoms with Gasteiger partial charge in [-0.25, -0.2) is 9.79 Å². The molecule has 0 radical (unpaired) electrons. The minimum Gasteiger partial charge on any atom is -0.461 e. The Morgan fingerprint density at radius 2 is 2.09 bits per heavy atom. The summed E-state index contributed by atoms with van der Waals surface area (Å²) in [5.74, 6) is -0.216. The molecule has 0 atom stereocenters. The van der Waals surface area contributed by atoms with Crippen LogP contribution < -0.4 is 0 Å². The number of rotatable bonds is 5. The fraction of sp³-hybridized carbons (Fsp3) is 0.286. The molecule has 0 aliphatic heterocycles. The van der Waals surface area contributed by atoms with E-state index in [4.69, 9.17) is 4.74 Å². The second-order valence-electron chi connectivity index (χ2n) is 4.58. The molecule has 0 unspecified atom stereocenters. The number of ether oxygens (including phenoxy) is 1. The third kappa shape index (κ3) is 3.70. The van der Waals surface area contributed by atoms with Crippen LogP contribution >= 0.6 is 15.9 Å². The Morgan fingerprint density at radius 1 is 1.41 bits per heavy atom. The maximum atomic E-state index is 12.0. The molecular formula is C14H16BrN5O2. The van der Waals surface area contributed by atoms with Gasteiger partial charge in [0.15, 0.2) is 5.82 Å². The molecular weight excluding hydrogens is 350 g/mol. The molecule has 1 aromatic heterocycles. The number of aromatic nitrogens is 3. The van der Waals surface area contributed by atoms with E-state index in [1.807, 2.05) is 38.4 Å². The molecule has 0 spiro atoms. The van der Waals surface area contributed by atoms with Gasteiger partial charge in [0.2, 0.25) is 5.69 Å². The SMILES string of the molecule is CCOC(=O)c1nnn(-c2ccc(Br)cc2)c1/N=C/N(C)C. The molecule has 0 aliphatic rings. The van der Waals surface area contributed by atoms with Gasteiger partial charge in [-0.3, -0.25) is 0 Å². The van der Waals surface area contributed by atoms with Crippen molar-refractivity contribution in [1.82, 2.24) is 19.9 Å². The van der Waals surface area contributed by atoms with E-state index in [1.54, 1.807) is 18.2 Å². The third-order valence-corrected chi connectivity index (χ3v) is 3.13. The van der Waals surface area contributed by atoms with E-state index in [1.165, 1.54) is 4.68 Å². The van der Waals surface area contributed by atoms with Crippen molar-refractivity contribution in [1.29, 1.82) is 0 Å². The number of hydrogen-bond donors (Lipinski definition) is 0. The first-order valence-corrected chi connectivity index (χ1v) is 7.41. The molecule has 2 aromatic rings. The topological polar surface area (TPSA) is 72.6 Å². The Balaban J connectivity index is 2.49. The number of benzene rings is 1. The van der Waals surface area contributed by atoms with Crippen molar-refractivity contribution in [3.63, 3.8) is 0 Å². The molecule has 0 amide bonds.